The Kier molecular flexibility index (Phi) is 6.20. The average Bonchev–Trinajstić information content (AvgIpc) is 2.70. The zero-order chi connectivity index (χ0) is 13.6. The standard InChI is InChI=1S/C11H21N3O2S2/c1-4-5-12-6-7-18(15,16)14(3)8-11-9-17-10(2)13-11/h9,12H,4-8H2,1-3H3. The Morgan fingerprint density at radius 2 is 2.17 bits per heavy atom. The fourth-order valence-corrected chi connectivity index (χ4v) is 3.11. The summed E-state index contributed by atoms with van der Waals surface area (Å²) in [6.07, 6.45) is 1.01. The number of thiazole rings is 1. The van der Waals surface area contributed by atoms with E-state index in [-0.39, 0.29) is 5.75 Å². The third kappa shape index (κ3) is 5.01. The maximum atomic E-state index is 12.0. The van der Waals surface area contributed by atoms with Crippen molar-refractivity contribution in [3.63, 3.8) is 0 Å². The van der Waals surface area contributed by atoms with Gasteiger partial charge in [0, 0.05) is 19.0 Å². The highest BCUT2D eigenvalue weighted by atomic mass is 32.2. The van der Waals surface area contributed by atoms with Gasteiger partial charge in [-0.1, -0.05) is 6.92 Å². The molecule has 1 N–H and O–H groups in total. The molecule has 0 fully saturated rings. The van der Waals surface area contributed by atoms with Crippen molar-refractivity contribution in [1.82, 2.24) is 14.6 Å². The van der Waals surface area contributed by atoms with Gasteiger partial charge in [0.1, 0.15) is 0 Å². The lowest BCUT2D eigenvalue weighted by molar-refractivity contribution is 0.461. The number of hydrogen-bond acceptors (Lipinski definition) is 5. The fraction of sp³-hybridized carbons (Fsp3) is 0.727. The monoisotopic (exact) mass is 291 g/mol. The Balaban J connectivity index is 2.46. The van der Waals surface area contributed by atoms with Crippen LogP contribution in [0.2, 0.25) is 0 Å². The van der Waals surface area contributed by atoms with Crippen molar-refractivity contribution in [2.24, 2.45) is 0 Å². The summed E-state index contributed by atoms with van der Waals surface area (Å²) < 4.78 is 25.3. The molecule has 0 atom stereocenters. The van der Waals surface area contributed by atoms with Crippen LogP contribution in [0.15, 0.2) is 5.38 Å². The van der Waals surface area contributed by atoms with Crippen LogP contribution in [0, 0.1) is 6.92 Å². The predicted molar refractivity (Wildman–Crippen MR) is 75.3 cm³/mol. The first-order valence-electron chi connectivity index (χ1n) is 6.01. The molecule has 5 nitrogen and oxygen atoms in total. The maximum Gasteiger partial charge on any atom is 0.215 e. The Hall–Kier alpha value is -0.500. The molecule has 0 aromatic carbocycles. The van der Waals surface area contributed by atoms with E-state index in [1.54, 1.807) is 7.05 Å². The maximum absolute atomic E-state index is 12.0. The Labute approximate surface area is 113 Å². The highest BCUT2D eigenvalue weighted by Gasteiger charge is 2.18. The zero-order valence-electron chi connectivity index (χ0n) is 11.1. The summed E-state index contributed by atoms with van der Waals surface area (Å²) in [5, 5.41) is 5.95. The van der Waals surface area contributed by atoms with Gasteiger partial charge in [-0.25, -0.2) is 13.4 Å². The van der Waals surface area contributed by atoms with Crippen molar-refractivity contribution in [3.05, 3.63) is 16.1 Å². The van der Waals surface area contributed by atoms with Crippen LogP contribution in [-0.2, 0) is 16.6 Å². The van der Waals surface area contributed by atoms with Crippen LogP contribution < -0.4 is 5.32 Å². The van der Waals surface area contributed by atoms with Crippen molar-refractivity contribution in [1.29, 1.82) is 0 Å². The van der Waals surface area contributed by atoms with Crippen LogP contribution in [0.5, 0.6) is 0 Å². The summed E-state index contributed by atoms with van der Waals surface area (Å²) >= 11 is 1.54. The molecule has 18 heavy (non-hydrogen) atoms. The number of rotatable bonds is 8. The molecule has 1 heterocycles. The molecule has 1 aromatic heterocycles. The summed E-state index contributed by atoms with van der Waals surface area (Å²) in [6, 6.07) is 0. The summed E-state index contributed by atoms with van der Waals surface area (Å²) in [4.78, 5) is 4.27. The van der Waals surface area contributed by atoms with Gasteiger partial charge in [-0.05, 0) is 19.9 Å². The second-order valence-electron chi connectivity index (χ2n) is 4.18. The van der Waals surface area contributed by atoms with E-state index in [2.05, 4.69) is 17.2 Å². The molecule has 0 radical (unpaired) electrons. The zero-order valence-corrected chi connectivity index (χ0v) is 12.8. The van der Waals surface area contributed by atoms with Crippen molar-refractivity contribution in [2.45, 2.75) is 26.8 Å². The molecular formula is C11H21N3O2S2. The van der Waals surface area contributed by atoms with Crippen LogP contribution in [0.4, 0.5) is 0 Å². The molecule has 1 rings (SSSR count). The normalized spacial score (nSPS) is 12.2. The molecule has 0 saturated carbocycles. The van der Waals surface area contributed by atoms with E-state index in [1.807, 2.05) is 12.3 Å². The minimum atomic E-state index is -3.19. The number of aromatic nitrogens is 1. The van der Waals surface area contributed by atoms with E-state index in [9.17, 15) is 8.42 Å². The fourth-order valence-electron chi connectivity index (χ4n) is 1.47. The van der Waals surface area contributed by atoms with Crippen molar-refractivity contribution < 1.29 is 8.42 Å². The summed E-state index contributed by atoms with van der Waals surface area (Å²) in [5.41, 5.74) is 0.810. The first-order valence-corrected chi connectivity index (χ1v) is 8.50. The Bertz CT molecular complexity index is 457. The van der Waals surface area contributed by atoms with Crippen LogP contribution >= 0.6 is 11.3 Å². The van der Waals surface area contributed by atoms with Crippen LogP contribution in [0.1, 0.15) is 24.0 Å². The van der Waals surface area contributed by atoms with Gasteiger partial charge >= 0.3 is 0 Å². The Morgan fingerprint density at radius 3 is 2.72 bits per heavy atom. The van der Waals surface area contributed by atoms with Crippen molar-refractivity contribution >= 4 is 21.4 Å². The molecule has 0 aliphatic heterocycles. The largest absolute Gasteiger partial charge is 0.316 e. The van der Waals surface area contributed by atoms with E-state index in [0.717, 1.165) is 23.7 Å². The van der Waals surface area contributed by atoms with Gasteiger partial charge in [0.2, 0.25) is 10.0 Å². The summed E-state index contributed by atoms with van der Waals surface area (Å²) in [5.74, 6) is 0.132. The highest BCUT2D eigenvalue weighted by Crippen LogP contribution is 2.11. The topological polar surface area (TPSA) is 62.3 Å². The minimum absolute atomic E-state index is 0.132. The van der Waals surface area contributed by atoms with Crippen molar-refractivity contribution in [2.75, 3.05) is 25.9 Å². The van der Waals surface area contributed by atoms with Crippen LogP contribution in [0.25, 0.3) is 0 Å². The summed E-state index contributed by atoms with van der Waals surface area (Å²) in [7, 11) is -1.59. The first kappa shape index (κ1) is 15.6. The molecule has 0 amide bonds. The quantitative estimate of drug-likeness (QED) is 0.731. The van der Waals surface area contributed by atoms with Gasteiger partial charge in [0.05, 0.1) is 23.0 Å². The second kappa shape index (κ2) is 7.18. The van der Waals surface area contributed by atoms with Gasteiger partial charge in [0.25, 0.3) is 0 Å². The molecule has 0 unspecified atom stereocenters. The van der Waals surface area contributed by atoms with Gasteiger partial charge in [-0.15, -0.1) is 11.3 Å². The number of nitrogens with zero attached hydrogens (tertiary/aromatic N) is 2. The molecule has 0 aliphatic carbocycles. The molecule has 0 spiro atoms. The predicted octanol–water partition coefficient (Wildman–Crippen LogP) is 1.21. The van der Waals surface area contributed by atoms with E-state index < -0.39 is 10.0 Å². The Morgan fingerprint density at radius 1 is 1.44 bits per heavy atom. The smallest absolute Gasteiger partial charge is 0.215 e. The minimum Gasteiger partial charge on any atom is -0.316 e. The van der Waals surface area contributed by atoms with E-state index in [4.69, 9.17) is 0 Å². The van der Waals surface area contributed by atoms with Gasteiger partial charge in [0.15, 0.2) is 0 Å². The van der Waals surface area contributed by atoms with Crippen LogP contribution in [0.3, 0.4) is 0 Å². The molecular weight excluding hydrogens is 270 g/mol. The summed E-state index contributed by atoms with van der Waals surface area (Å²) in [6.45, 7) is 5.66. The molecule has 104 valence electrons. The van der Waals surface area contributed by atoms with Gasteiger partial charge < -0.3 is 5.32 Å². The number of sulfonamides is 1. The lowest BCUT2D eigenvalue weighted by Gasteiger charge is -2.16. The second-order valence-corrected chi connectivity index (χ2v) is 7.44. The van der Waals surface area contributed by atoms with E-state index in [0.29, 0.717) is 13.1 Å². The number of hydrogen-bond donors (Lipinski definition) is 1. The lowest BCUT2D eigenvalue weighted by Crippen LogP contribution is -2.33. The lowest BCUT2D eigenvalue weighted by atomic mass is 10.5. The van der Waals surface area contributed by atoms with Crippen LogP contribution in [-0.4, -0.2) is 43.6 Å². The average molecular weight is 291 g/mol. The van der Waals surface area contributed by atoms with E-state index in [1.165, 1.54) is 15.6 Å². The van der Waals surface area contributed by atoms with E-state index >= 15 is 0 Å². The molecule has 1 aromatic rings. The van der Waals surface area contributed by atoms with Gasteiger partial charge in [-0.3, -0.25) is 0 Å². The highest BCUT2D eigenvalue weighted by molar-refractivity contribution is 7.89. The molecule has 7 heteroatoms. The first-order chi connectivity index (χ1) is 8.45. The third-order valence-electron chi connectivity index (χ3n) is 2.49. The molecule has 0 aliphatic rings. The number of nitrogens with one attached hydrogen (secondary N) is 1. The third-order valence-corrected chi connectivity index (χ3v) is 5.11. The van der Waals surface area contributed by atoms with Crippen molar-refractivity contribution in [3.8, 4) is 0 Å². The molecule has 0 bridgehead atoms. The number of aryl methyl sites for hydroxylation is 1. The SMILES string of the molecule is CCCNCCS(=O)(=O)N(C)Cc1csc(C)n1. The molecule has 0 saturated heterocycles. The van der Waals surface area contributed by atoms with Gasteiger partial charge in [-0.2, -0.15) is 4.31 Å².